The van der Waals surface area contributed by atoms with Crippen molar-refractivity contribution in [2.24, 2.45) is 17.3 Å². The molecule has 0 bridgehead atoms. The number of nitrogens with zero attached hydrogens (tertiary/aromatic N) is 1. The van der Waals surface area contributed by atoms with Gasteiger partial charge in [0.2, 0.25) is 5.91 Å². The standard InChI is InChI=1S/C13H21NO3/c1-13(2)4-3-6-14(7-5-13)11(15)9-8-10(9)12(16)17/h9-10H,3-8H2,1-2H3,(H,16,17)/t9-,10+/m1/s1. The van der Waals surface area contributed by atoms with Crippen LogP contribution < -0.4 is 0 Å². The molecular formula is C13H21NO3. The number of carboxylic acids is 1. The van der Waals surface area contributed by atoms with E-state index in [1.54, 1.807) is 0 Å². The minimum atomic E-state index is -0.821. The molecule has 0 aromatic rings. The maximum atomic E-state index is 12.1. The van der Waals surface area contributed by atoms with Crippen LogP contribution in [-0.2, 0) is 9.59 Å². The maximum absolute atomic E-state index is 12.1. The summed E-state index contributed by atoms with van der Waals surface area (Å²) in [4.78, 5) is 24.7. The molecule has 0 aromatic heterocycles. The lowest BCUT2D eigenvalue weighted by Crippen LogP contribution is -2.34. The molecule has 0 radical (unpaired) electrons. The van der Waals surface area contributed by atoms with Crippen LogP contribution in [-0.4, -0.2) is 35.0 Å². The van der Waals surface area contributed by atoms with E-state index in [1.165, 1.54) is 0 Å². The van der Waals surface area contributed by atoms with E-state index >= 15 is 0 Å². The van der Waals surface area contributed by atoms with Crippen LogP contribution in [0, 0.1) is 17.3 Å². The maximum Gasteiger partial charge on any atom is 0.307 e. The van der Waals surface area contributed by atoms with Crippen LogP contribution in [0.25, 0.3) is 0 Å². The summed E-state index contributed by atoms with van der Waals surface area (Å²) >= 11 is 0. The van der Waals surface area contributed by atoms with Crippen molar-refractivity contribution in [3.63, 3.8) is 0 Å². The van der Waals surface area contributed by atoms with E-state index in [4.69, 9.17) is 5.11 Å². The molecule has 96 valence electrons. The molecule has 1 heterocycles. The van der Waals surface area contributed by atoms with Gasteiger partial charge in [0.15, 0.2) is 0 Å². The van der Waals surface area contributed by atoms with Crippen molar-refractivity contribution < 1.29 is 14.7 Å². The summed E-state index contributed by atoms with van der Waals surface area (Å²) in [6, 6.07) is 0. The molecule has 1 saturated heterocycles. The topological polar surface area (TPSA) is 57.6 Å². The van der Waals surface area contributed by atoms with Gasteiger partial charge in [0.25, 0.3) is 0 Å². The molecule has 2 fully saturated rings. The van der Waals surface area contributed by atoms with Gasteiger partial charge in [-0.3, -0.25) is 9.59 Å². The molecule has 2 aliphatic rings. The zero-order chi connectivity index (χ0) is 12.6. The second kappa shape index (κ2) is 4.31. The van der Waals surface area contributed by atoms with Crippen LogP contribution in [0.15, 0.2) is 0 Å². The molecule has 1 aliphatic carbocycles. The number of carbonyl (C=O) groups excluding carboxylic acids is 1. The fraction of sp³-hybridized carbons (Fsp3) is 0.846. The smallest absolute Gasteiger partial charge is 0.307 e. The molecule has 4 heteroatoms. The van der Waals surface area contributed by atoms with Crippen LogP contribution in [0.5, 0.6) is 0 Å². The van der Waals surface area contributed by atoms with E-state index in [2.05, 4.69) is 13.8 Å². The SMILES string of the molecule is CC1(C)CCCN(C(=O)[C@@H]2C[C@@H]2C(=O)O)CC1. The second-order valence-electron chi connectivity index (χ2n) is 6.13. The van der Waals surface area contributed by atoms with Gasteiger partial charge in [0, 0.05) is 13.1 Å². The van der Waals surface area contributed by atoms with E-state index in [0.717, 1.165) is 32.4 Å². The lowest BCUT2D eigenvalue weighted by Gasteiger charge is -2.23. The lowest BCUT2D eigenvalue weighted by atomic mass is 9.85. The van der Waals surface area contributed by atoms with Crippen molar-refractivity contribution in [2.75, 3.05) is 13.1 Å². The summed E-state index contributed by atoms with van der Waals surface area (Å²) in [5, 5.41) is 8.84. The Balaban J connectivity index is 1.91. The third kappa shape index (κ3) is 2.79. The Morgan fingerprint density at radius 2 is 1.88 bits per heavy atom. The predicted molar refractivity (Wildman–Crippen MR) is 63.4 cm³/mol. The first-order valence-electron chi connectivity index (χ1n) is 6.42. The van der Waals surface area contributed by atoms with Crippen molar-refractivity contribution in [1.82, 2.24) is 4.90 Å². The summed E-state index contributed by atoms with van der Waals surface area (Å²) < 4.78 is 0. The monoisotopic (exact) mass is 239 g/mol. The normalized spacial score (nSPS) is 31.8. The first kappa shape index (κ1) is 12.4. The molecule has 4 nitrogen and oxygen atoms in total. The molecule has 0 unspecified atom stereocenters. The van der Waals surface area contributed by atoms with E-state index in [1.807, 2.05) is 4.90 Å². The molecular weight excluding hydrogens is 218 g/mol. The number of amides is 1. The third-order valence-electron chi connectivity index (χ3n) is 4.08. The van der Waals surface area contributed by atoms with Gasteiger partial charge in [-0.1, -0.05) is 13.8 Å². The highest BCUT2D eigenvalue weighted by atomic mass is 16.4. The molecule has 0 spiro atoms. The van der Waals surface area contributed by atoms with E-state index in [9.17, 15) is 9.59 Å². The van der Waals surface area contributed by atoms with Gasteiger partial charge < -0.3 is 10.0 Å². The molecule has 0 aromatic carbocycles. The van der Waals surface area contributed by atoms with Crippen molar-refractivity contribution >= 4 is 11.9 Å². The first-order valence-corrected chi connectivity index (χ1v) is 6.42. The number of rotatable bonds is 2. The van der Waals surface area contributed by atoms with Gasteiger partial charge in [0.05, 0.1) is 11.8 Å². The van der Waals surface area contributed by atoms with E-state index in [-0.39, 0.29) is 11.8 Å². The Hall–Kier alpha value is -1.06. The molecule has 1 aliphatic heterocycles. The highest BCUT2D eigenvalue weighted by Crippen LogP contribution is 2.41. The Kier molecular flexibility index (Phi) is 3.15. The van der Waals surface area contributed by atoms with Crippen LogP contribution >= 0.6 is 0 Å². The summed E-state index contributed by atoms with van der Waals surface area (Å²) in [5.74, 6) is -1.42. The number of carbonyl (C=O) groups is 2. The zero-order valence-corrected chi connectivity index (χ0v) is 10.6. The fourth-order valence-electron chi connectivity index (χ4n) is 2.62. The van der Waals surface area contributed by atoms with E-state index < -0.39 is 11.9 Å². The quantitative estimate of drug-likeness (QED) is 0.798. The predicted octanol–water partition coefficient (Wildman–Crippen LogP) is 1.75. The number of aliphatic carboxylic acids is 1. The second-order valence-corrected chi connectivity index (χ2v) is 6.13. The van der Waals surface area contributed by atoms with Crippen molar-refractivity contribution in [2.45, 2.75) is 39.5 Å². The summed E-state index contributed by atoms with van der Waals surface area (Å²) in [6.45, 7) is 6.05. The number of carboxylic acid groups (broad SMARTS) is 1. The van der Waals surface area contributed by atoms with Gasteiger partial charge in [0.1, 0.15) is 0 Å². The molecule has 1 amide bonds. The molecule has 1 N–H and O–H groups in total. The fourth-order valence-corrected chi connectivity index (χ4v) is 2.62. The third-order valence-corrected chi connectivity index (χ3v) is 4.08. The molecule has 1 saturated carbocycles. The largest absolute Gasteiger partial charge is 0.481 e. The average molecular weight is 239 g/mol. The lowest BCUT2D eigenvalue weighted by molar-refractivity contribution is -0.142. The van der Waals surface area contributed by atoms with Gasteiger partial charge in [-0.2, -0.15) is 0 Å². The van der Waals surface area contributed by atoms with Crippen LogP contribution in [0.4, 0.5) is 0 Å². The van der Waals surface area contributed by atoms with Crippen LogP contribution in [0.3, 0.4) is 0 Å². The Morgan fingerprint density at radius 1 is 1.18 bits per heavy atom. The molecule has 2 atom stereocenters. The minimum Gasteiger partial charge on any atom is -0.481 e. The zero-order valence-electron chi connectivity index (χ0n) is 10.6. The number of hydrogen-bond acceptors (Lipinski definition) is 2. The van der Waals surface area contributed by atoms with Gasteiger partial charge in [-0.25, -0.2) is 0 Å². The van der Waals surface area contributed by atoms with Crippen LogP contribution in [0.1, 0.15) is 39.5 Å². The average Bonchev–Trinajstić information content (AvgIpc) is 3.00. The Morgan fingerprint density at radius 3 is 2.47 bits per heavy atom. The number of hydrogen-bond donors (Lipinski definition) is 1. The van der Waals surface area contributed by atoms with E-state index in [0.29, 0.717) is 11.8 Å². The van der Waals surface area contributed by atoms with Gasteiger partial charge in [-0.15, -0.1) is 0 Å². The first-order chi connectivity index (χ1) is 7.91. The van der Waals surface area contributed by atoms with Gasteiger partial charge in [-0.05, 0) is 31.1 Å². The Bertz CT molecular complexity index is 338. The minimum absolute atomic E-state index is 0.0649. The summed E-state index contributed by atoms with van der Waals surface area (Å²) in [5.41, 5.74) is 0.310. The Labute approximate surface area is 102 Å². The van der Waals surface area contributed by atoms with Gasteiger partial charge >= 0.3 is 5.97 Å². The number of likely N-dealkylation sites (tertiary alicyclic amines) is 1. The summed E-state index contributed by atoms with van der Waals surface area (Å²) in [7, 11) is 0. The highest BCUT2D eigenvalue weighted by Gasteiger charge is 2.49. The summed E-state index contributed by atoms with van der Waals surface area (Å²) in [6.07, 6.45) is 3.73. The highest BCUT2D eigenvalue weighted by molar-refractivity contribution is 5.89. The van der Waals surface area contributed by atoms with Crippen LogP contribution in [0.2, 0.25) is 0 Å². The van der Waals surface area contributed by atoms with Crippen molar-refractivity contribution in [3.8, 4) is 0 Å². The van der Waals surface area contributed by atoms with Crippen molar-refractivity contribution in [3.05, 3.63) is 0 Å². The molecule has 2 rings (SSSR count). The van der Waals surface area contributed by atoms with Crippen molar-refractivity contribution in [1.29, 1.82) is 0 Å². The molecule has 17 heavy (non-hydrogen) atoms.